The van der Waals surface area contributed by atoms with Crippen LogP contribution in [0.15, 0.2) is 29.4 Å². The molecule has 0 aliphatic rings. The normalized spacial score (nSPS) is 10.5. The first-order valence-electron chi connectivity index (χ1n) is 6.42. The van der Waals surface area contributed by atoms with Crippen molar-refractivity contribution in [1.82, 2.24) is 9.97 Å². The van der Waals surface area contributed by atoms with Crippen molar-refractivity contribution < 1.29 is 9.53 Å². The van der Waals surface area contributed by atoms with E-state index in [2.05, 4.69) is 9.97 Å². The van der Waals surface area contributed by atoms with Crippen LogP contribution in [0.2, 0.25) is 5.02 Å². The second-order valence-electron chi connectivity index (χ2n) is 4.25. The Hall–Kier alpha value is -1.59. The summed E-state index contributed by atoms with van der Waals surface area (Å²) in [6, 6.07) is 7.19. The summed E-state index contributed by atoms with van der Waals surface area (Å²) in [5, 5.41) is 1.25. The molecule has 0 amide bonds. The van der Waals surface area contributed by atoms with Gasteiger partial charge in [-0.1, -0.05) is 35.5 Å². The molecule has 0 aliphatic carbocycles. The third kappa shape index (κ3) is 3.54. The van der Waals surface area contributed by atoms with E-state index in [0.29, 0.717) is 33.7 Å². The first kappa shape index (κ1) is 15.8. The zero-order valence-corrected chi connectivity index (χ0v) is 13.6. The average molecular weight is 323 g/mol. The third-order valence-electron chi connectivity index (χ3n) is 2.85. The molecule has 110 valence electrons. The maximum atomic E-state index is 12.2. The smallest absolute Gasteiger partial charge is 0.342 e. The first-order chi connectivity index (χ1) is 10.1. The number of thioether (sulfide) groups is 1. The van der Waals surface area contributed by atoms with E-state index < -0.39 is 5.97 Å². The zero-order chi connectivity index (χ0) is 15.4. The molecule has 0 bridgehead atoms. The number of carbonyl (C=O) groups excluding carboxylic acids is 1. The molecule has 0 fully saturated rings. The molecule has 0 radical (unpaired) electrons. The van der Waals surface area contributed by atoms with Crippen molar-refractivity contribution in [1.29, 1.82) is 0 Å². The van der Waals surface area contributed by atoms with Crippen LogP contribution in [-0.2, 0) is 4.74 Å². The van der Waals surface area contributed by atoms with E-state index in [0.717, 1.165) is 5.56 Å². The summed E-state index contributed by atoms with van der Waals surface area (Å²) in [5.41, 5.74) is 2.39. The Morgan fingerprint density at radius 3 is 2.52 bits per heavy atom. The van der Waals surface area contributed by atoms with Crippen LogP contribution in [0.4, 0.5) is 0 Å². The van der Waals surface area contributed by atoms with Gasteiger partial charge in [-0.3, -0.25) is 0 Å². The topological polar surface area (TPSA) is 52.1 Å². The standard InChI is InChI=1S/C15H15ClN2O2S/c1-4-20-14(19)12-9(2)17-15(21-3)18-13(12)10-5-7-11(16)8-6-10/h5-8H,4H2,1-3H3. The number of esters is 1. The van der Waals surface area contributed by atoms with Gasteiger partial charge in [0.2, 0.25) is 0 Å². The van der Waals surface area contributed by atoms with Gasteiger partial charge in [0.1, 0.15) is 5.56 Å². The SMILES string of the molecule is CCOC(=O)c1c(C)nc(SC)nc1-c1ccc(Cl)cc1. The highest BCUT2D eigenvalue weighted by Gasteiger charge is 2.20. The Morgan fingerprint density at radius 2 is 1.95 bits per heavy atom. The summed E-state index contributed by atoms with van der Waals surface area (Å²) < 4.78 is 5.12. The maximum Gasteiger partial charge on any atom is 0.342 e. The number of benzene rings is 1. The van der Waals surface area contributed by atoms with Crippen LogP contribution in [0.1, 0.15) is 23.0 Å². The molecule has 0 aliphatic heterocycles. The zero-order valence-electron chi connectivity index (χ0n) is 12.0. The molecule has 2 aromatic rings. The quantitative estimate of drug-likeness (QED) is 0.483. The highest BCUT2D eigenvalue weighted by atomic mass is 35.5. The molecule has 21 heavy (non-hydrogen) atoms. The lowest BCUT2D eigenvalue weighted by atomic mass is 10.0. The second-order valence-corrected chi connectivity index (χ2v) is 5.46. The number of halogens is 1. The second kappa shape index (κ2) is 6.91. The Bertz CT molecular complexity index is 659. The molecule has 1 aromatic heterocycles. The molecule has 0 unspecified atom stereocenters. The van der Waals surface area contributed by atoms with Crippen LogP contribution in [0.5, 0.6) is 0 Å². The van der Waals surface area contributed by atoms with Gasteiger partial charge in [0.05, 0.1) is 18.0 Å². The van der Waals surface area contributed by atoms with Crippen LogP contribution in [0.25, 0.3) is 11.3 Å². The molecule has 2 rings (SSSR count). The highest BCUT2D eigenvalue weighted by Crippen LogP contribution is 2.27. The van der Waals surface area contributed by atoms with Crippen LogP contribution in [0.3, 0.4) is 0 Å². The first-order valence-corrected chi connectivity index (χ1v) is 8.02. The van der Waals surface area contributed by atoms with Crippen molar-refractivity contribution in [3.63, 3.8) is 0 Å². The van der Waals surface area contributed by atoms with Gasteiger partial charge in [0.15, 0.2) is 5.16 Å². The number of carbonyl (C=O) groups is 1. The van der Waals surface area contributed by atoms with Gasteiger partial charge >= 0.3 is 5.97 Å². The van der Waals surface area contributed by atoms with Crippen LogP contribution < -0.4 is 0 Å². The van der Waals surface area contributed by atoms with E-state index in [1.807, 2.05) is 18.4 Å². The molecular weight excluding hydrogens is 308 g/mol. The lowest BCUT2D eigenvalue weighted by Crippen LogP contribution is -2.12. The average Bonchev–Trinajstić information content (AvgIpc) is 2.47. The number of ether oxygens (including phenoxy) is 1. The summed E-state index contributed by atoms with van der Waals surface area (Å²) in [6.45, 7) is 3.86. The number of rotatable bonds is 4. The summed E-state index contributed by atoms with van der Waals surface area (Å²) in [5.74, 6) is -0.410. The molecule has 6 heteroatoms. The van der Waals surface area contributed by atoms with E-state index in [1.54, 1.807) is 26.0 Å². The van der Waals surface area contributed by atoms with Gasteiger partial charge in [-0.25, -0.2) is 14.8 Å². The Kier molecular flexibility index (Phi) is 5.20. The number of aryl methyl sites for hydroxylation is 1. The Labute approximate surface area is 132 Å². The summed E-state index contributed by atoms with van der Waals surface area (Å²) >= 11 is 7.34. The number of hydrogen-bond donors (Lipinski definition) is 0. The van der Waals surface area contributed by atoms with Crippen LogP contribution in [-0.4, -0.2) is 28.8 Å². The van der Waals surface area contributed by atoms with E-state index in [4.69, 9.17) is 16.3 Å². The molecular formula is C15H15ClN2O2S. The number of hydrogen-bond acceptors (Lipinski definition) is 5. The Balaban J connectivity index is 2.62. The predicted molar refractivity (Wildman–Crippen MR) is 85.0 cm³/mol. The molecule has 4 nitrogen and oxygen atoms in total. The van der Waals surface area contributed by atoms with E-state index in [-0.39, 0.29) is 0 Å². The van der Waals surface area contributed by atoms with Gasteiger partial charge in [-0.05, 0) is 32.2 Å². The van der Waals surface area contributed by atoms with Crippen molar-refractivity contribution >= 4 is 29.3 Å². The third-order valence-corrected chi connectivity index (χ3v) is 3.65. The molecule has 1 aromatic carbocycles. The predicted octanol–water partition coefficient (Wildman–Crippen LogP) is 4.00. The van der Waals surface area contributed by atoms with Gasteiger partial charge in [0.25, 0.3) is 0 Å². The van der Waals surface area contributed by atoms with Crippen molar-refractivity contribution in [2.45, 2.75) is 19.0 Å². The number of nitrogens with zero attached hydrogens (tertiary/aromatic N) is 2. The lowest BCUT2D eigenvalue weighted by molar-refractivity contribution is 0.0525. The van der Waals surface area contributed by atoms with Crippen molar-refractivity contribution in [3.05, 3.63) is 40.5 Å². The fraction of sp³-hybridized carbons (Fsp3) is 0.267. The monoisotopic (exact) mass is 322 g/mol. The van der Waals surface area contributed by atoms with Crippen LogP contribution in [0, 0.1) is 6.92 Å². The largest absolute Gasteiger partial charge is 0.462 e. The van der Waals surface area contributed by atoms with E-state index in [1.165, 1.54) is 11.8 Å². The molecule has 0 saturated heterocycles. The fourth-order valence-corrected chi connectivity index (χ4v) is 2.44. The van der Waals surface area contributed by atoms with Crippen molar-refractivity contribution in [3.8, 4) is 11.3 Å². The number of aromatic nitrogens is 2. The minimum Gasteiger partial charge on any atom is -0.462 e. The van der Waals surface area contributed by atoms with Crippen LogP contribution >= 0.6 is 23.4 Å². The van der Waals surface area contributed by atoms with Gasteiger partial charge in [0, 0.05) is 10.6 Å². The molecule has 0 atom stereocenters. The lowest BCUT2D eigenvalue weighted by Gasteiger charge is -2.12. The van der Waals surface area contributed by atoms with Crippen molar-refractivity contribution in [2.75, 3.05) is 12.9 Å². The van der Waals surface area contributed by atoms with E-state index in [9.17, 15) is 4.79 Å². The maximum absolute atomic E-state index is 12.2. The highest BCUT2D eigenvalue weighted by molar-refractivity contribution is 7.98. The minimum absolute atomic E-state index is 0.308. The molecule has 0 N–H and O–H groups in total. The minimum atomic E-state index is -0.410. The van der Waals surface area contributed by atoms with Gasteiger partial charge in [-0.15, -0.1) is 0 Å². The van der Waals surface area contributed by atoms with Gasteiger partial charge in [-0.2, -0.15) is 0 Å². The molecule has 0 saturated carbocycles. The summed E-state index contributed by atoms with van der Waals surface area (Å²) in [7, 11) is 0. The molecule has 0 spiro atoms. The van der Waals surface area contributed by atoms with Gasteiger partial charge < -0.3 is 4.74 Å². The summed E-state index contributed by atoms with van der Waals surface area (Å²) in [4.78, 5) is 21.0. The van der Waals surface area contributed by atoms with E-state index >= 15 is 0 Å². The molecule has 1 heterocycles. The Morgan fingerprint density at radius 1 is 1.29 bits per heavy atom. The van der Waals surface area contributed by atoms with Crippen molar-refractivity contribution in [2.24, 2.45) is 0 Å². The summed E-state index contributed by atoms with van der Waals surface area (Å²) in [6.07, 6.45) is 1.89. The fourth-order valence-electron chi connectivity index (χ4n) is 1.90.